The Labute approximate surface area is 316 Å². The van der Waals surface area contributed by atoms with E-state index in [4.69, 9.17) is 13.3 Å². The number of hydrogen-bond acceptors (Lipinski definition) is 4. The van der Waals surface area contributed by atoms with Crippen LogP contribution in [0.3, 0.4) is 0 Å². The van der Waals surface area contributed by atoms with Gasteiger partial charge in [0.25, 0.3) is 0 Å². The molecule has 0 bridgehead atoms. The highest BCUT2D eigenvalue weighted by Crippen LogP contribution is 2.52. The van der Waals surface area contributed by atoms with E-state index in [0.717, 1.165) is 88.4 Å². The van der Waals surface area contributed by atoms with Gasteiger partial charge in [-0.05, 0) is 88.0 Å². The quantitative estimate of drug-likeness (QED) is 0.183. The third-order valence-corrected chi connectivity index (χ3v) is 11.9. The van der Waals surface area contributed by atoms with E-state index in [0.29, 0.717) is 0 Å². The van der Waals surface area contributed by atoms with Crippen LogP contribution in [-0.2, 0) is 5.41 Å². The molecule has 0 aliphatic heterocycles. The summed E-state index contributed by atoms with van der Waals surface area (Å²) in [5, 5.41) is 6.31. The van der Waals surface area contributed by atoms with Crippen molar-refractivity contribution < 1.29 is 13.3 Å². The minimum Gasteiger partial charge on any atom is -0.456 e. The SMILES string of the molecule is CC1(C)c2ccccc2-c2ccc(N(c3cccc4c3oc3ccccc34)c3cccc4c3oc3cc5c(cc34)oc3ccc(-c4ccccc4)cc35)cc21. The lowest BCUT2D eigenvalue weighted by Crippen LogP contribution is -2.16. The molecular weight excluding hydrogens is 675 g/mol. The molecule has 1 aliphatic rings. The van der Waals surface area contributed by atoms with Crippen LogP contribution in [0.2, 0.25) is 0 Å². The smallest absolute Gasteiger partial charge is 0.159 e. The van der Waals surface area contributed by atoms with Gasteiger partial charge in [-0.3, -0.25) is 0 Å². The molecule has 55 heavy (non-hydrogen) atoms. The third kappa shape index (κ3) is 4.28. The third-order valence-electron chi connectivity index (χ3n) is 11.9. The molecule has 0 N–H and O–H groups in total. The molecule has 4 nitrogen and oxygen atoms in total. The summed E-state index contributed by atoms with van der Waals surface area (Å²) >= 11 is 0. The normalized spacial score (nSPS) is 13.4. The second kappa shape index (κ2) is 11.0. The van der Waals surface area contributed by atoms with E-state index in [1.54, 1.807) is 0 Å². The minimum atomic E-state index is -0.165. The Kier molecular flexibility index (Phi) is 6.09. The van der Waals surface area contributed by atoms with E-state index in [-0.39, 0.29) is 5.41 Å². The summed E-state index contributed by atoms with van der Waals surface area (Å²) < 4.78 is 20.2. The van der Waals surface area contributed by atoms with E-state index in [1.165, 1.54) is 27.8 Å². The second-order valence-corrected chi connectivity index (χ2v) is 15.3. The first-order chi connectivity index (χ1) is 27.0. The number of para-hydroxylation sites is 3. The molecule has 3 heterocycles. The van der Waals surface area contributed by atoms with Gasteiger partial charge in [0.05, 0.1) is 11.4 Å². The molecule has 0 saturated carbocycles. The molecular formula is C51H33NO3. The lowest BCUT2D eigenvalue weighted by molar-refractivity contribution is 0.660. The van der Waals surface area contributed by atoms with Crippen LogP contribution >= 0.6 is 0 Å². The van der Waals surface area contributed by atoms with Gasteiger partial charge in [0.15, 0.2) is 11.2 Å². The van der Waals surface area contributed by atoms with Gasteiger partial charge in [-0.25, -0.2) is 0 Å². The van der Waals surface area contributed by atoms with Gasteiger partial charge >= 0.3 is 0 Å². The Hall–Kier alpha value is -7.04. The van der Waals surface area contributed by atoms with Crippen molar-refractivity contribution >= 4 is 82.9 Å². The molecule has 0 saturated heterocycles. The van der Waals surface area contributed by atoms with E-state index in [1.807, 2.05) is 18.2 Å². The number of benzene rings is 8. The molecule has 3 aromatic heterocycles. The number of hydrogen-bond donors (Lipinski definition) is 0. The van der Waals surface area contributed by atoms with Crippen LogP contribution in [0.25, 0.3) is 88.1 Å². The maximum Gasteiger partial charge on any atom is 0.159 e. The molecule has 0 radical (unpaired) electrons. The number of nitrogens with zero attached hydrogens (tertiary/aromatic N) is 1. The standard InChI is InChI=1S/C51H33NO3/c1-51(2)41-18-8-6-14-33(41)34-24-23-32(27-42(34)51)52(43-19-10-16-36-35-15-7-9-21-45(35)54-49(36)43)44-20-11-17-37-39-28-47-40(29-48(39)55-50(37)44)38-26-31(22-25-46(38)53-47)30-12-4-3-5-13-30/h3-29H,1-2H3. The maximum atomic E-state index is 6.99. The van der Waals surface area contributed by atoms with Crippen molar-refractivity contribution in [2.45, 2.75) is 19.3 Å². The summed E-state index contributed by atoms with van der Waals surface area (Å²) in [6.07, 6.45) is 0. The summed E-state index contributed by atoms with van der Waals surface area (Å²) in [5.74, 6) is 0. The van der Waals surface area contributed by atoms with Crippen LogP contribution < -0.4 is 4.90 Å². The summed E-state index contributed by atoms with van der Waals surface area (Å²) in [7, 11) is 0. The Balaban J connectivity index is 1.10. The van der Waals surface area contributed by atoms with E-state index in [9.17, 15) is 0 Å². The molecule has 0 unspecified atom stereocenters. The second-order valence-electron chi connectivity index (χ2n) is 15.3. The monoisotopic (exact) mass is 707 g/mol. The molecule has 12 rings (SSSR count). The van der Waals surface area contributed by atoms with E-state index < -0.39 is 0 Å². The highest BCUT2D eigenvalue weighted by atomic mass is 16.3. The first kappa shape index (κ1) is 30.4. The van der Waals surface area contributed by atoms with Gasteiger partial charge in [0.1, 0.15) is 22.3 Å². The molecule has 11 aromatic rings. The van der Waals surface area contributed by atoms with Crippen molar-refractivity contribution in [3.63, 3.8) is 0 Å². The van der Waals surface area contributed by atoms with E-state index >= 15 is 0 Å². The van der Waals surface area contributed by atoms with Crippen molar-refractivity contribution in [1.29, 1.82) is 0 Å². The van der Waals surface area contributed by atoms with Crippen LogP contribution in [-0.4, -0.2) is 0 Å². The summed E-state index contributed by atoms with van der Waals surface area (Å²) in [6.45, 7) is 4.65. The Bertz CT molecular complexity index is 3360. The maximum absolute atomic E-state index is 6.99. The van der Waals surface area contributed by atoms with Crippen molar-refractivity contribution in [3.05, 3.63) is 175 Å². The number of furan rings is 3. The molecule has 4 heteroatoms. The highest BCUT2D eigenvalue weighted by Gasteiger charge is 2.36. The van der Waals surface area contributed by atoms with E-state index in [2.05, 4.69) is 164 Å². The topological polar surface area (TPSA) is 42.7 Å². The summed E-state index contributed by atoms with van der Waals surface area (Å²) in [6, 6.07) is 58.0. The fraction of sp³-hybridized carbons (Fsp3) is 0.0588. The zero-order chi connectivity index (χ0) is 36.4. The fourth-order valence-electron chi connectivity index (χ4n) is 9.19. The molecule has 8 aromatic carbocycles. The minimum absolute atomic E-state index is 0.165. The van der Waals surface area contributed by atoms with Gasteiger partial charge in [-0.2, -0.15) is 0 Å². The average molecular weight is 708 g/mol. The lowest BCUT2D eigenvalue weighted by atomic mass is 9.82. The lowest BCUT2D eigenvalue weighted by Gasteiger charge is -2.28. The molecule has 0 spiro atoms. The zero-order valence-corrected chi connectivity index (χ0v) is 30.3. The number of rotatable bonds is 4. The molecule has 0 fully saturated rings. The highest BCUT2D eigenvalue weighted by molar-refractivity contribution is 6.18. The Morgan fingerprint density at radius 2 is 0.982 bits per heavy atom. The predicted molar refractivity (Wildman–Crippen MR) is 226 cm³/mol. The van der Waals surface area contributed by atoms with Crippen LogP contribution in [0.15, 0.2) is 177 Å². The molecule has 0 atom stereocenters. The Morgan fingerprint density at radius 1 is 0.382 bits per heavy atom. The largest absolute Gasteiger partial charge is 0.456 e. The van der Waals surface area contributed by atoms with Gasteiger partial charge in [0.2, 0.25) is 0 Å². The fourth-order valence-corrected chi connectivity index (χ4v) is 9.19. The number of anilines is 3. The summed E-state index contributed by atoms with van der Waals surface area (Å²) in [5.41, 5.74) is 15.3. The van der Waals surface area contributed by atoms with Gasteiger partial charge in [-0.1, -0.05) is 123 Å². The first-order valence-electron chi connectivity index (χ1n) is 18.8. The Morgan fingerprint density at radius 3 is 1.80 bits per heavy atom. The first-order valence-corrected chi connectivity index (χ1v) is 18.8. The number of fused-ring (bicyclic) bond motifs is 12. The molecule has 1 aliphatic carbocycles. The van der Waals surface area contributed by atoms with Gasteiger partial charge in [-0.15, -0.1) is 0 Å². The van der Waals surface area contributed by atoms with Crippen LogP contribution in [0.1, 0.15) is 25.0 Å². The predicted octanol–water partition coefficient (Wildman–Crippen LogP) is 14.8. The average Bonchev–Trinajstić information content (AvgIpc) is 3.96. The van der Waals surface area contributed by atoms with Crippen LogP contribution in [0.4, 0.5) is 17.1 Å². The van der Waals surface area contributed by atoms with Crippen molar-refractivity contribution in [2.75, 3.05) is 4.90 Å². The van der Waals surface area contributed by atoms with Gasteiger partial charge < -0.3 is 18.2 Å². The summed E-state index contributed by atoms with van der Waals surface area (Å²) in [4.78, 5) is 2.32. The zero-order valence-electron chi connectivity index (χ0n) is 30.3. The van der Waals surface area contributed by atoms with Crippen molar-refractivity contribution in [2.24, 2.45) is 0 Å². The molecule has 260 valence electrons. The van der Waals surface area contributed by atoms with Crippen LogP contribution in [0, 0.1) is 0 Å². The van der Waals surface area contributed by atoms with Crippen molar-refractivity contribution in [1.82, 2.24) is 0 Å². The van der Waals surface area contributed by atoms with Gasteiger partial charge in [0, 0.05) is 43.4 Å². The molecule has 0 amide bonds. The van der Waals surface area contributed by atoms with Crippen molar-refractivity contribution in [3.8, 4) is 22.3 Å². The van der Waals surface area contributed by atoms with Crippen LogP contribution in [0.5, 0.6) is 0 Å².